The molecule has 4 aromatic carbocycles. The van der Waals surface area contributed by atoms with Crippen LogP contribution >= 0.6 is 11.6 Å². The van der Waals surface area contributed by atoms with Crippen molar-refractivity contribution in [2.75, 3.05) is 31.2 Å². The number of carbonyl (C=O) groups is 4. The molecule has 2 unspecified atom stereocenters. The highest BCUT2D eigenvalue weighted by molar-refractivity contribution is 6.30. The molecule has 1 spiro atoms. The summed E-state index contributed by atoms with van der Waals surface area (Å²) >= 11 is 6.16. The number of hydrogen-bond acceptors (Lipinski definition) is 6. The van der Waals surface area contributed by atoms with E-state index < -0.39 is 17.6 Å². The molecule has 274 valence electrons. The lowest BCUT2D eigenvalue weighted by Gasteiger charge is -2.44. The van der Waals surface area contributed by atoms with Gasteiger partial charge in [0.25, 0.3) is 5.91 Å². The Balaban J connectivity index is 1.06. The number of likely N-dealkylation sites (tertiary alicyclic amines) is 1. The lowest BCUT2D eigenvalue weighted by molar-refractivity contribution is -0.141. The Morgan fingerprint density at radius 3 is 2.30 bits per heavy atom. The van der Waals surface area contributed by atoms with Crippen molar-refractivity contribution in [3.63, 3.8) is 0 Å². The van der Waals surface area contributed by atoms with E-state index in [-0.39, 0.29) is 36.8 Å². The quantitative estimate of drug-likeness (QED) is 0.223. The zero-order chi connectivity index (χ0) is 37.0. The lowest BCUT2D eigenvalue weighted by Crippen LogP contribution is -2.60. The summed E-state index contributed by atoms with van der Waals surface area (Å²) in [5, 5.41) is 9.99. The van der Waals surface area contributed by atoms with Gasteiger partial charge < -0.3 is 30.7 Å². The van der Waals surface area contributed by atoms with E-state index in [1.165, 1.54) is 5.56 Å². The van der Waals surface area contributed by atoms with Crippen LogP contribution in [0.5, 0.6) is 0 Å². The Kier molecular flexibility index (Phi) is 10.8. The van der Waals surface area contributed by atoms with Gasteiger partial charge in [0, 0.05) is 43.3 Å². The minimum absolute atomic E-state index is 0.0622. The van der Waals surface area contributed by atoms with Gasteiger partial charge in [-0.05, 0) is 78.3 Å². The van der Waals surface area contributed by atoms with Crippen LogP contribution in [0.1, 0.15) is 40.7 Å². The fourth-order valence-electron chi connectivity index (χ4n) is 7.84. The summed E-state index contributed by atoms with van der Waals surface area (Å²) < 4.78 is 0. The predicted molar refractivity (Wildman–Crippen MR) is 205 cm³/mol. The fourth-order valence-corrected chi connectivity index (χ4v) is 7.97. The number of benzene rings is 4. The number of nitrogens with one attached hydrogen (secondary N) is 3. The van der Waals surface area contributed by atoms with Crippen LogP contribution in [0.4, 0.5) is 5.69 Å². The Morgan fingerprint density at radius 2 is 1.57 bits per heavy atom. The van der Waals surface area contributed by atoms with Crippen molar-refractivity contribution < 1.29 is 19.2 Å². The summed E-state index contributed by atoms with van der Waals surface area (Å²) in [7, 11) is 0. The number of carbonyl (C=O) groups excluding carboxylic acids is 4. The highest BCUT2D eigenvalue weighted by atomic mass is 35.5. The van der Waals surface area contributed by atoms with Crippen LogP contribution in [0.15, 0.2) is 103 Å². The predicted octanol–water partition coefficient (Wildman–Crippen LogP) is 4.37. The maximum atomic E-state index is 14.3. The molecule has 53 heavy (non-hydrogen) atoms. The number of nitrogens with zero attached hydrogens (tertiary/aromatic N) is 3. The van der Waals surface area contributed by atoms with Crippen molar-refractivity contribution in [1.82, 2.24) is 25.8 Å². The molecule has 0 radical (unpaired) electrons. The topological polar surface area (TPSA) is 114 Å². The molecule has 2 atom stereocenters. The number of aryl methyl sites for hydroxylation is 1. The first kappa shape index (κ1) is 36.2. The highest BCUT2D eigenvalue weighted by Gasteiger charge is 2.54. The monoisotopic (exact) mass is 732 g/mol. The summed E-state index contributed by atoms with van der Waals surface area (Å²) in [4.78, 5) is 61.0. The number of hydrogen-bond donors (Lipinski definition) is 3. The van der Waals surface area contributed by atoms with E-state index in [9.17, 15) is 19.2 Å². The zero-order valence-corrected chi connectivity index (χ0v) is 30.6. The van der Waals surface area contributed by atoms with Crippen molar-refractivity contribution in [2.24, 2.45) is 0 Å². The Hall–Kier alpha value is -5.19. The molecule has 4 amide bonds. The number of para-hydroxylation sites is 1. The Morgan fingerprint density at radius 1 is 0.887 bits per heavy atom. The number of amides is 4. The third kappa shape index (κ3) is 7.94. The van der Waals surface area contributed by atoms with Gasteiger partial charge in [-0.15, -0.1) is 0 Å². The van der Waals surface area contributed by atoms with Gasteiger partial charge in [-0.25, -0.2) is 0 Å². The van der Waals surface area contributed by atoms with Gasteiger partial charge in [-0.1, -0.05) is 90.5 Å². The molecule has 4 aromatic rings. The van der Waals surface area contributed by atoms with Crippen LogP contribution in [-0.4, -0.2) is 77.4 Å². The number of anilines is 1. The van der Waals surface area contributed by atoms with Crippen molar-refractivity contribution in [3.05, 3.63) is 136 Å². The van der Waals surface area contributed by atoms with Gasteiger partial charge in [-0.3, -0.25) is 19.2 Å². The molecule has 2 fully saturated rings. The molecule has 0 saturated carbocycles. The first-order chi connectivity index (χ1) is 25.7. The van der Waals surface area contributed by atoms with E-state index in [0.29, 0.717) is 56.9 Å². The maximum absolute atomic E-state index is 14.3. The lowest BCUT2D eigenvalue weighted by atomic mass is 9.85. The van der Waals surface area contributed by atoms with Crippen molar-refractivity contribution in [3.8, 4) is 0 Å². The first-order valence-corrected chi connectivity index (χ1v) is 18.6. The van der Waals surface area contributed by atoms with Crippen molar-refractivity contribution >= 4 is 40.9 Å². The van der Waals surface area contributed by atoms with E-state index in [2.05, 4.69) is 26.9 Å². The van der Waals surface area contributed by atoms with E-state index in [4.69, 9.17) is 11.6 Å². The SMILES string of the molecule is Cc1ccccc1CNC(=O)CN1CN(c2ccccc2)C2(CCN(C(=O)C(Cc3ccc(Cl)cc3)NC(=O)C3Cc4ccccc4CN3)CC2)C1=O. The van der Waals surface area contributed by atoms with Gasteiger partial charge in [0.1, 0.15) is 18.1 Å². The standard InChI is InChI=1S/C42H45ClN6O4/c1-29-9-5-6-11-32(29)25-45-38(50)27-48-28-49(35-13-3-2-4-14-35)42(41(48)53)19-21-47(22-20-42)40(52)37(23-30-15-17-34(43)18-16-30)46-39(51)36-24-31-10-7-8-12-33(31)26-44-36/h2-18,36-37,44H,19-28H2,1H3,(H,45,50)(H,46,51). The second-order valence-electron chi connectivity index (χ2n) is 14.3. The second kappa shape index (κ2) is 15.8. The summed E-state index contributed by atoms with van der Waals surface area (Å²) in [5.41, 5.74) is 5.25. The molecule has 11 heteroatoms. The van der Waals surface area contributed by atoms with E-state index in [1.807, 2.05) is 91.9 Å². The van der Waals surface area contributed by atoms with Crippen molar-refractivity contribution in [2.45, 2.75) is 63.3 Å². The van der Waals surface area contributed by atoms with Crippen LogP contribution in [0.25, 0.3) is 0 Å². The van der Waals surface area contributed by atoms with Crippen LogP contribution in [0, 0.1) is 6.92 Å². The molecule has 3 N–H and O–H groups in total. The van der Waals surface area contributed by atoms with Gasteiger partial charge in [-0.2, -0.15) is 0 Å². The second-order valence-corrected chi connectivity index (χ2v) is 14.7. The van der Waals surface area contributed by atoms with Crippen LogP contribution in [0.3, 0.4) is 0 Å². The summed E-state index contributed by atoms with van der Waals surface area (Å²) in [6.45, 7) is 3.82. The highest BCUT2D eigenvalue weighted by Crippen LogP contribution is 2.39. The molecule has 2 saturated heterocycles. The van der Waals surface area contributed by atoms with Crippen LogP contribution in [0.2, 0.25) is 5.02 Å². The molecular weight excluding hydrogens is 688 g/mol. The molecule has 3 aliphatic heterocycles. The molecule has 7 rings (SSSR count). The molecule has 0 aromatic heterocycles. The maximum Gasteiger partial charge on any atom is 0.250 e. The van der Waals surface area contributed by atoms with Gasteiger partial charge in [0.2, 0.25) is 17.7 Å². The molecule has 10 nitrogen and oxygen atoms in total. The van der Waals surface area contributed by atoms with Gasteiger partial charge in [0.05, 0.1) is 12.7 Å². The number of halogens is 1. The molecular formula is C42H45ClN6O4. The van der Waals surface area contributed by atoms with E-state index >= 15 is 0 Å². The Bertz CT molecular complexity index is 1960. The third-order valence-electron chi connectivity index (χ3n) is 10.9. The molecule has 0 bridgehead atoms. The minimum atomic E-state index is -0.914. The minimum Gasteiger partial charge on any atom is -0.350 e. The van der Waals surface area contributed by atoms with Gasteiger partial charge >= 0.3 is 0 Å². The smallest absolute Gasteiger partial charge is 0.250 e. The normalized spacial score (nSPS) is 18.4. The van der Waals surface area contributed by atoms with Crippen LogP contribution < -0.4 is 20.9 Å². The average Bonchev–Trinajstić information content (AvgIpc) is 3.44. The number of rotatable bonds is 10. The van der Waals surface area contributed by atoms with Gasteiger partial charge in [0.15, 0.2) is 0 Å². The third-order valence-corrected chi connectivity index (χ3v) is 11.2. The Labute approximate surface area is 315 Å². The average molecular weight is 733 g/mol. The van der Waals surface area contributed by atoms with E-state index in [1.54, 1.807) is 21.9 Å². The molecule has 0 aliphatic carbocycles. The number of fused-ring (bicyclic) bond motifs is 1. The fraction of sp³-hybridized carbons (Fsp3) is 0.333. The number of piperidine rings is 1. The summed E-state index contributed by atoms with van der Waals surface area (Å²) in [6, 6.07) is 31.7. The van der Waals surface area contributed by atoms with E-state index in [0.717, 1.165) is 27.9 Å². The molecule has 3 heterocycles. The van der Waals surface area contributed by atoms with Crippen LogP contribution in [-0.2, 0) is 45.1 Å². The summed E-state index contributed by atoms with van der Waals surface area (Å²) in [6.07, 6.45) is 1.61. The zero-order valence-electron chi connectivity index (χ0n) is 29.9. The van der Waals surface area contributed by atoms with Crippen molar-refractivity contribution in [1.29, 1.82) is 0 Å². The first-order valence-electron chi connectivity index (χ1n) is 18.3. The molecule has 3 aliphatic rings. The summed E-state index contributed by atoms with van der Waals surface area (Å²) in [5.74, 6) is -0.758. The largest absolute Gasteiger partial charge is 0.350 e.